The van der Waals surface area contributed by atoms with Gasteiger partial charge in [-0.3, -0.25) is 4.79 Å². The molecule has 0 heterocycles. The fraction of sp³-hybridized carbons (Fsp3) is 0.0417. The number of para-hydroxylation sites is 1. The van der Waals surface area contributed by atoms with Gasteiger partial charge in [-0.15, -0.1) is 0 Å². The molecule has 0 aromatic heterocycles. The van der Waals surface area contributed by atoms with Gasteiger partial charge < -0.3 is 15.4 Å². The largest absolute Gasteiger partial charge is 0.465 e. The average molecular weight is 430 g/mol. The number of ether oxygens (including phenoxy) is 1. The van der Waals surface area contributed by atoms with Gasteiger partial charge in [0.15, 0.2) is 0 Å². The maximum atomic E-state index is 12.7. The highest BCUT2D eigenvalue weighted by Gasteiger charge is 2.13. The van der Waals surface area contributed by atoms with Crippen LogP contribution in [0.2, 0.25) is 0 Å². The van der Waals surface area contributed by atoms with Crippen LogP contribution in [0.25, 0.3) is 0 Å². The minimum absolute atomic E-state index is 0.108. The lowest BCUT2D eigenvalue weighted by Crippen LogP contribution is -2.15. The smallest absolute Gasteiger partial charge is 0.337 e. The van der Waals surface area contributed by atoms with Crippen molar-refractivity contribution in [2.75, 3.05) is 17.7 Å². The van der Waals surface area contributed by atoms with Crippen LogP contribution in [-0.2, 0) is 9.53 Å². The van der Waals surface area contributed by atoms with Crippen LogP contribution in [0.1, 0.15) is 10.4 Å². The van der Waals surface area contributed by atoms with Crippen LogP contribution in [0.15, 0.2) is 100 Å². The summed E-state index contributed by atoms with van der Waals surface area (Å²) in [6.07, 6.45) is 1.30. The Morgan fingerprint density at radius 3 is 2.48 bits per heavy atom. The number of benzene rings is 3. The molecule has 154 valence electrons. The van der Waals surface area contributed by atoms with Gasteiger partial charge in [-0.1, -0.05) is 48.2 Å². The van der Waals surface area contributed by atoms with Gasteiger partial charge in [-0.05, 0) is 42.5 Å². The van der Waals surface area contributed by atoms with E-state index in [4.69, 9.17) is 4.74 Å². The lowest BCUT2D eigenvalue weighted by atomic mass is 10.2. The Hall–Kier alpha value is -4.02. The van der Waals surface area contributed by atoms with Crippen LogP contribution in [0.4, 0.5) is 11.4 Å². The molecule has 7 heteroatoms. The molecule has 0 spiro atoms. The molecule has 1 amide bonds. The fourth-order valence-corrected chi connectivity index (χ4v) is 3.54. The molecule has 0 aliphatic carbocycles. The van der Waals surface area contributed by atoms with E-state index in [1.807, 2.05) is 54.6 Å². The van der Waals surface area contributed by atoms with Gasteiger partial charge in [0.2, 0.25) is 0 Å². The van der Waals surface area contributed by atoms with Crippen LogP contribution in [0.5, 0.6) is 0 Å². The van der Waals surface area contributed by atoms with E-state index in [2.05, 4.69) is 10.6 Å². The number of hydrogen-bond acceptors (Lipinski definition) is 6. The number of nitriles is 1. The monoisotopic (exact) mass is 429 g/mol. The van der Waals surface area contributed by atoms with Crippen molar-refractivity contribution in [2.24, 2.45) is 0 Å². The Kier molecular flexibility index (Phi) is 7.46. The molecule has 31 heavy (non-hydrogen) atoms. The van der Waals surface area contributed by atoms with Crippen molar-refractivity contribution in [3.63, 3.8) is 0 Å². The Balaban J connectivity index is 1.74. The van der Waals surface area contributed by atoms with Crippen LogP contribution >= 0.6 is 11.8 Å². The zero-order valence-corrected chi connectivity index (χ0v) is 17.5. The Morgan fingerprint density at radius 2 is 1.74 bits per heavy atom. The highest BCUT2D eigenvalue weighted by Crippen LogP contribution is 2.33. The molecular formula is C24H19N3O3S. The standard InChI is InChI=1S/C24H19N3O3S/c1-30-24(29)17-8-7-9-19(14-17)26-16-18(15-25)23(28)27-21-12-5-6-13-22(21)31-20-10-3-2-4-11-20/h2-14,16,26H,1H3,(H,27,28)/b18-16-. The van der Waals surface area contributed by atoms with Gasteiger partial charge in [0.25, 0.3) is 5.91 Å². The van der Waals surface area contributed by atoms with E-state index < -0.39 is 11.9 Å². The van der Waals surface area contributed by atoms with E-state index in [1.165, 1.54) is 25.1 Å². The molecule has 0 fully saturated rings. The topological polar surface area (TPSA) is 91.2 Å². The summed E-state index contributed by atoms with van der Waals surface area (Å²) in [5.41, 5.74) is 1.40. The predicted molar refractivity (Wildman–Crippen MR) is 121 cm³/mol. The minimum atomic E-state index is -0.541. The minimum Gasteiger partial charge on any atom is -0.465 e. The second kappa shape index (κ2) is 10.7. The molecule has 0 aliphatic rings. The normalized spacial score (nSPS) is 10.6. The Bertz CT molecular complexity index is 1150. The van der Waals surface area contributed by atoms with Gasteiger partial charge in [0, 0.05) is 21.7 Å². The van der Waals surface area contributed by atoms with Crippen LogP contribution in [0, 0.1) is 11.3 Å². The van der Waals surface area contributed by atoms with Crippen LogP contribution in [-0.4, -0.2) is 19.0 Å². The van der Waals surface area contributed by atoms with Crippen molar-refractivity contribution in [1.29, 1.82) is 5.26 Å². The first kappa shape index (κ1) is 21.7. The maximum Gasteiger partial charge on any atom is 0.337 e. The number of rotatable bonds is 7. The highest BCUT2D eigenvalue weighted by atomic mass is 32.2. The lowest BCUT2D eigenvalue weighted by Gasteiger charge is -2.10. The molecule has 0 atom stereocenters. The van der Waals surface area contributed by atoms with Crippen LogP contribution in [0.3, 0.4) is 0 Å². The zero-order chi connectivity index (χ0) is 22.1. The second-order valence-corrected chi connectivity index (χ2v) is 7.37. The summed E-state index contributed by atoms with van der Waals surface area (Å²) in [6.45, 7) is 0. The molecule has 3 rings (SSSR count). The van der Waals surface area contributed by atoms with Gasteiger partial charge in [-0.25, -0.2) is 4.79 Å². The van der Waals surface area contributed by atoms with Crippen molar-refractivity contribution in [3.05, 3.63) is 96.2 Å². The molecule has 6 nitrogen and oxygen atoms in total. The Morgan fingerprint density at radius 1 is 1.00 bits per heavy atom. The molecule has 0 unspecified atom stereocenters. The van der Waals surface area contributed by atoms with Gasteiger partial charge in [0.05, 0.1) is 18.4 Å². The van der Waals surface area contributed by atoms with Crippen molar-refractivity contribution in [1.82, 2.24) is 0 Å². The fourth-order valence-electron chi connectivity index (χ4n) is 2.62. The number of carbonyl (C=O) groups excluding carboxylic acids is 2. The number of anilines is 2. The molecular weight excluding hydrogens is 410 g/mol. The summed E-state index contributed by atoms with van der Waals surface area (Å²) >= 11 is 1.52. The van der Waals surface area contributed by atoms with Crippen molar-refractivity contribution < 1.29 is 14.3 Å². The Labute approximate surface area is 184 Å². The average Bonchev–Trinajstić information content (AvgIpc) is 2.81. The third-order valence-electron chi connectivity index (χ3n) is 4.14. The third kappa shape index (κ3) is 5.98. The summed E-state index contributed by atoms with van der Waals surface area (Å²) in [7, 11) is 1.30. The summed E-state index contributed by atoms with van der Waals surface area (Å²) in [5.74, 6) is -1.02. The maximum absolute atomic E-state index is 12.7. The predicted octanol–water partition coefficient (Wildman–Crippen LogP) is 5.08. The molecule has 3 aromatic carbocycles. The quantitative estimate of drug-likeness (QED) is 0.309. The van der Waals surface area contributed by atoms with Crippen LogP contribution < -0.4 is 10.6 Å². The number of amides is 1. The number of hydrogen-bond donors (Lipinski definition) is 2. The van der Waals surface area contributed by atoms with E-state index in [0.717, 1.165) is 9.79 Å². The first-order chi connectivity index (χ1) is 15.1. The number of esters is 1. The highest BCUT2D eigenvalue weighted by molar-refractivity contribution is 7.99. The van der Waals surface area contributed by atoms with E-state index in [1.54, 1.807) is 30.3 Å². The van der Waals surface area contributed by atoms with E-state index in [9.17, 15) is 14.9 Å². The van der Waals surface area contributed by atoms with E-state index in [0.29, 0.717) is 16.9 Å². The number of methoxy groups -OCH3 is 1. The SMILES string of the molecule is COC(=O)c1cccc(N/C=C(/C#N)C(=O)Nc2ccccc2Sc2ccccc2)c1. The number of nitrogens with one attached hydrogen (secondary N) is 2. The van der Waals surface area contributed by atoms with E-state index in [-0.39, 0.29) is 5.57 Å². The number of carbonyl (C=O) groups is 2. The summed E-state index contributed by atoms with van der Waals surface area (Å²) in [5, 5.41) is 15.1. The van der Waals surface area contributed by atoms with Crippen molar-refractivity contribution in [3.8, 4) is 6.07 Å². The summed E-state index contributed by atoms with van der Waals surface area (Å²) < 4.78 is 4.70. The lowest BCUT2D eigenvalue weighted by molar-refractivity contribution is -0.112. The van der Waals surface area contributed by atoms with Crippen molar-refractivity contribution in [2.45, 2.75) is 9.79 Å². The van der Waals surface area contributed by atoms with Gasteiger partial charge >= 0.3 is 5.97 Å². The van der Waals surface area contributed by atoms with E-state index >= 15 is 0 Å². The molecule has 0 aliphatic heterocycles. The molecule has 2 N–H and O–H groups in total. The van der Waals surface area contributed by atoms with Gasteiger partial charge in [0.1, 0.15) is 11.6 Å². The molecule has 0 saturated heterocycles. The molecule has 0 bridgehead atoms. The molecule has 0 radical (unpaired) electrons. The first-order valence-electron chi connectivity index (χ1n) is 9.29. The zero-order valence-electron chi connectivity index (χ0n) is 16.7. The summed E-state index contributed by atoms with van der Waals surface area (Å²) in [4.78, 5) is 26.2. The van der Waals surface area contributed by atoms with Gasteiger partial charge in [-0.2, -0.15) is 5.26 Å². The third-order valence-corrected chi connectivity index (χ3v) is 5.22. The first-order valence-corrected chi connectivity index (χ1v) is 10.1. The molecule has 0 saturated carbocycles. The number of nitrogens with zero attached hydrogens (tertiary/aromatic N) is 1. The summed E-state index contributed by atoms with van der Waals surface area (Å²) in [6, 6.07) is 25.6. The second-order valence-electron chi connectivity index (χ2n) is 6.25. The molecule has 3 aromatic rings. The van der Waals surface area contributed by atoms with Crippen molar-refractivity contribution >= 4 is 35.0 Å².